The van der Waals surface area contributed by atoms with Gasteiger partial charge in [0.2, 0.25) is 0 Å². The number of ether oxygens (including phenoxy) is 1. The van der Waals surface area contributed by atoms with Crippen molar-refractivity contribution in [2.75, 3.05) is 6.61 Å². The first-order valence-corrected chi connectivity index (χ1v) is 4.48. The van der Waals surface area contributed by atoms with Gasteiger partial charge in [0.05, 0.1) is 12.0 Å². The van der Waals surface area contributed by atoms with Crippen LogP contribution in [0.5, 0.6) is 0 Å². The smallest absolute Gasteiger partial charge is 0.307 e. The number of hydrogen-bond acceptors (Lipinski definition) is 2. The molecule has 12 heavy (non-hydrogen) atoms. The zero-order valence-corrected chi connectivity index (χ0v) is 7.25. The summed E-state index contributed by atoms with van der Waals surface area (Å²) in [5, 5.41) is 8.82. The molecule has 1 aliphatic carbocycles. The number of carboxylic acid groups (broad SMARTS) is 1. The Kier molecular flexibility index (Phi) is 1.65. The lowest BCUT2D eigenvalue weighted by Crippen LogP contribution is -2.26. The average Bonchev–Trinajstić information content (AvgIpc) is 2.63. The summed E-state index contributed by atoms with van der Waals surface area (Å²) in [5.74, 6) is -0.701. The van der Waals surface area contributed by atoms with Gasteiger partial charge in [0.25, 0.3) is 0 Å². The third-order valence-electron chi connectivity index (χ3n) is 3.18. The molecule has 3 nitrogen and oxygen atoms in total. The number of rotatable bonds is 1. The number of aliphatic carboxylic acids is 1. The molecule has 1 N–H and O–H groups in total. The summed E-state index contributed by atoms with van der Waals surface area (Å²) in [6, 6.07) is 0. The van der Waals surface area contributed by atoms with Crippen LogP contribution in [0.2, 0.25) is 0 Å². The van der Waals surface area contributed by atoms with Crippen LogP contribution < -0.4 is 0 Å². The van der Waals surface area contributed by atoms with Gasteiger partial charge < -0.3 is 9.84 Å². The highest BCUT2D eigenvalue weighted by atomic mass is 16.5. The quantitative estimate of drug-likeness (QED) is 0.644. The Morgan fingerprint density at radius 3 is 2.83 bits per heavy atom. The summed E-state index contributed by atoms with van der Waals surface area (Å²) in [4.78, 5) is 10.7. The van der Waals surface area contributed by atoms with Crippen LogP contribution in [0.3, 0.4) is 0 Å². The van der Waals surface area contributed by atoms with Crippen molar-refractivity contribution < 1.29 is 14.6 Å². The lowest BCUT2D eigenvalue weighted by Gasteiger charge is -2.27. The molecule has 1 spiro atoms. The van der Waals surface area contributed by atoms with E-state index in [2.05, 4.69) is 0 Å². The molecule has 2 rings (SSSR count). The van der Waals surface area contributed by atoms with E-state index in [9.17, 15) is 4.79 Å². The first-order chi connectivity index (χ1) is 5.64. The second-order valence-electron chi connectivity index (χ2n) is 4.09. The van der Waals surface area contributed by atoms with Gasteiger partial charge in [0, 0.05) is 6.61 Å². The Hall–Kier alpha value is -0.570. The van der Waals surface area contributed by atoms with Gasteiger partial charge in [-0.25, -0.2) is 0 Å². The minimum absolute atomic E-state index is 0.0798. The van der Waals surface area contributed by atoms with Crippen molar-refractivity contribution in [1.29, 1.82) is 0 Å². The lowest BCUT2D eigenvalue weighted by molar-refractivity contribution is -0.140. The van der Waals surface area contributed by atoms with E-state index in [-0.39, 0.29) is 17.4 Å². The first-order valence-electron chi connectivity index (χ1n) is 4.48. The van der Waals surface area contributed by atoms with Gasteiger partial charge in [-0.3, -0.25) is 4.79 Å². The molecule has 0 aromatic carbocycles. The van der Waals surface area contributed by atoms with E-state index in [1.54, 1.807) is 0 Å². The van der Waals surface area contributed by atoms with Crippen molar-refractivity contribution in [3.8, 4) is 0 Å². The molecule has 0 aromatic rings. The Morgan fingerprint density at radius 2 is 2.33 bits per heavy atom. The normalized spacial score (nSPS) is 46.1. The zero-order chi connectivity index (χ0) is 8.77. The van der Waals surface area contributed by atoms with Gasteiger partial charge >= 0.3 is 5.97 Å². The van der Waals surface area contributed by atoms with Gasteiger partial charge in [0.15, 0.2) is 0 Å². The molecular formula is C9H14O3. The fourth-order valence-electron chi connectivity index (χ4n) is 2.40. The molecule has 1 saturated heterocycles. The number of carboxylic acids is 1. The van der Waals surface area contributed by atoms with Crippen molar-refractivity contribution in [3.63, 3.8) is 0 Å². The van der Waals surface area contributed by atoms with Gasteiger partial charge in [-0.2, -0.15) is 0 Å². The molecule has 2 aliphatic rings. The molecule has 2 fully saturated rings. The van der Waals surface area contributed by atoms with Crippen LogP contribution in [0.1, 0.15) is 26.2 Å². The van der Waals surface area contributed by atoms with E-state index >= 15 is 0 Å². The molecule has 0 bridgehead atoms. The fraction of sp³-hybridized carbons (Fsp3) is 0.889. The Labute approximate surface area is 71.7 Å². The van der Waals surface area contributed by atoms with Gasteiger partial charge in [-0.05, 0) is 31.6 Å². The summed E-state index contributed by atoms with van der Waals surface area (Å²) in [5.41, 5.74) is 0.115. The van der Waals surface area contributed by atoms with Crippen molar-refractivity contribution in [3.05, 3.63) is 0 Å². The standard InChI is InChI=1S/C9H14O3/c1-6-4-9(2-3-12-6)5-7(9)8(10)11/h6-7H,2-5H2,1H3,(H,10,11)/t6-,7-,9+/m1/s1. The Balaban J connectivity index is 2.01. The molecule has 3 atom stereocenters. The van der Waals surface area contributed by atoms with Gasteiger partial charge in [0.1, 0.15) is 0 Å². The lowest BCUT2D eigenvalue weighted by atomic mass is 9.90. The highest BCUT2D eigenvalue weighted by molar-refractivity contribution is 5.74. The first kappa shape index (κ1) is 8.05. The average molecular weight is 170 g/mol. The molecule has 3 heteroatoms. The van der Waals surface area contributed by atoms with E-state index in [4.69, 9.17) is 9.84 Å². The number of hydrogen-bond donors (Lipinski definition) is 1. The van der Waals surface area contributed by atoms with Crippen LogP contribution in [0.25, 0.3) is 0 Å². The van der Waals surface area contributed by atoms with E-state index in [1.165, 1.54) is 0 Å². The van der Waals surface area contributed by atoms with Crippen molar-refractivity contribution in [1.82, 2.24) is 0 Å². The Morgan fingerprint density at radius 1 is 1.58 bits per heavy atom. The van der Waals surface area contributed by atoms with Crippen LogP contribution in [-0.2, 0) is 9.53 Å². The molecule has 0 amide bonds. The van der Waals surface area contributed by atoms with E-state index in [1.807, 2.05) is 6.92 Å². The van der Waals surface area contributed by atoms with Crippen molar-refractivity contribution >= 4 is 5.97 Å². The minimum atomic E-state index is -0.621. The van der Waals surface area contributed by atoms with Gasteiger partial charge in [-0.15, -0.1) is 0 Å². The zero-order valence-electron chi connectivity index (χ0n) is 7.25. The highest BCUT2D eigenvalue weighted by Crippen LogP contribution is 2.60. The summed E-state index contributed by atoms with van der Waals surface area (Å²) in [6.45, 7) is 2.77. The molecular weight excluding hydrogens is 156 g/mol. The van der Waals surface area contributed by atoms with Crippen LogP contribution >= 0.6 is 0 Å². The summed E-state index contributed by atoms with van der Waals surface area (Å²) < 4.78 is 5.39. The predicted octanol–water partition coefficient (Wildman–Crippen LogP) is 1.28. The largest absolute Gasteiger partial charge is 0.481 e. The molecule has 1 heterocycles. The molecule has 0 aromatic heterocycles. The molecule has 1 saturated carbocycles. The van der Waals surface area contributed by atoms with E-state index in [0.29, 0.717) is 0 Å². The van der Waals surface area contributed by atoms with Crippen LogP contribution in [0.4, 0.5) is 0 Å². The van der Waals surface area contributed by atoms with E-state index < -0.39 is 5.97 Å². The SMILES string of the molecule is C[C@@H]1C[C@@]2(CCO1)C[C@@H]2C(=O)O. The van der Waals surface area contributed by atoms with Crippen molar-refractivity contribution in [2.45, 2.75) is 32.3 Å². The van der Waals surface area contributed by atoms with E-state index in [0.717, 1.165) is 25.9 Å². The topological polar surface area (TPSA) is 46.5 Å². The number of carbonyl (C=O) groups is 1. The van der Waals surface area contributed by atoms with Crippen LogP contribution in [0, 0.1) is 11.3 Å². The second kappa shape index (κ2) is 2.46. The monoisotopic (exact) mass is 170 g/mol. The van der Waals surface area contributed by atoms with Gasteiger partial charge in [-0.1, -0.05) is 0 Å². The third kappa shape index (κ3) is 1.12. The molecule has 0 radical (unpaired) electrons. The molecule has 0 unspecified atom stereocenters. The summed E-state index contributed by atoms with van der Waals surface area (Å²) in [6.07, 6.45) is 3.00. The summed E-state index contributed by atoms with van der Waals surface area (Å²) in [7, 11) is 0. The Bertz CT molecular complexity index is 214. The maximum absolute atomic E-state index is 10.7. The third-order valence-corrected chi connectivity index (χ3v) is 3.18. The summed E-state index contributed by atoms with van der Waals surface area (Å²) >= 11 is 0. The second-order valence-corrected chi connectivity index (χ2v) is 4.09. The fourth-order valence-corrected chi connectivity index (χ4v) is 2.40. The van der Waals surface area contributed by atoms with Crippen LogP contribution in [-0.4, -0.2) is 23.8 Å². The predicted molar refractivity (Wildman–Crippen MR) is 42.8 cm³/mol. The highest BCUT2D eigenvalue weighted by Gasteiger charge is 2.59. The minimum Gasteiger partial charge on any atom is -0.481 e. The van der Waals surface area contributed by atoms with Crippen LogP contribution in [0.15, 0.2) is 0 Å². The molecule has 68 valence electrons. The van der Waals surface area contributed by atoms with Crippen molar-refractivity contribution in [2.24, 2.45) is 11.3 Å². The maximum Gasteiger partial charge on any atom is 0.307 e. The molecule has 1 aliphatic heterocycles. The maximum atomic E-state index is 10.7.